The number of hydrogen-bond acceptors (Lipinski definition) is 3. The second-order valence-corrected chi connectivity index (χ2v) is 6.52. The molecule has 2 N–H and O–H groups in total. The molecular weight excluding hydrogens is 292 g/mol. The summed E-state index contributed by atoms with van der Waals surface area (Å²) in [5.74, 6) is 0. The second-order valence-electron chi connectivity index (χ2n) is 6.52. The zero-order valence-electron chi connectivity index (χ0n) is 13.5. The molecule has 0 spiro atoms. The highest BCUT2D eigenvalue weighted by Gasteiger charge is 2.27. The van der Waals surface area contributed by atoms with Gasteiger partial charge in [0.15, 0.2) is 0 Å². The highest BCUT2D eigenvalue weighted by atomic mass is 16.5. The Bertz CT molecular complexity index is 512. The minimum Gasteiger partial charge on any atom is -0.394 e. The fourth-order valence-electron chi connectivity index (χ4n) is 3.44. The Hall–Kier alpha value is -1.59. The van der Waals surface area contributed by atoms with Crippen LogP contribution in [0.2, 0.25) is 0 Å². The number of ether oxygens (including phenoxy) is 1. The molecule has 1 aromatic rings. The van der Waals surface area contributed by atoms with Gasteiger partial charge in [0, 0.05) is 12.2 Å². The minimum absolute atomic E-state index is 0.0326. The Kier molecular flexibility index (Phi) is 5.51. The molecule has 1 saturated carbocycles. The SMILES string of the molecule is O=C(Nc1ccc(COC2CCCC2)cc1)N1CCC[C@H]1CO. The summed E-state index contributed by atoms with van der Waals surface area (Å²) in [6, 6.07) is 7.64. The third kappa shape index (κ3) is 4.24. The number of aliphatic hydroxyl groups excluding tert-OH is 1. The summed E-state index contributed by atoms with van der Waals surface area (Å²) in [5, 5.41) is 12.2. The van der Waals surface area contributed by atoms with Crippen LogP contribution in [0.25, 0.3) is 0 Å². The van der Waals surface area contributed by atoms with Crippen LogP contribution in [0.15, 0.2) is 24.3 Å². The van der Waals surface area contributed by atoms with Gasteiger partial charge in [-0.25, -0.2) is 4.79 Å². The molecule has 3 rings (SSSR count). The average Bonchev–Trinajstić information content (AvgIpc) is 3.25. The van der Waals surface area contributed by atoms with Crippen LogP contribution < -0.4 is 5.32 Å². The fraction of sp³-hybridized carbons (Fsp3) is 0.611. The zero-order valence-corrected chi connectivity index (χ0v) is 13.5. The van der Waals surface area contributed by atoms with E-state index in [0.717, 1.165) is 24.1 Å². The summed E-state index contributed by atoms with van der Waals surface area (Å²) in [7, 11) is 0. The lowest BCUT2D eigenvalue weighted by Crippen LogP contribution is -2.40. The number of amides is 2. The van der Waals surface area contributed by atoms with E-state index in [1.165, 1.54) is 25.7 Å². The minimum atomic E-state index is -0.128. The van der Waals surface area contributed by atoms with Crippen LogP contribution in [0.4, 0.5) is 10.5 Å². The first-order valence-electron chi connectivity index (χ1n) is 8.65. The number of carbonyl (C=O) groups excluding carboxylic acids is 1. The van der Waals surface area contributed by atoms with Crippen LogP contribution in [0, 0.1) is 0 Å². The maximum absolute atomic E-state index is 12.2. The number of anilines is 1. The van der Waals surface area contributed by atoms with Crippen LogP contribution >= 0.6 is 0 Å². The standard InChI is InChI=1S/C18H26N2O3/c21-12-16-4-3-11-20(16)18(22)19-15-9-7-14(8-10-15)13-23-17-5-1-2-6-17/h7-10,16-17,21H,1-6,11-13H2,(H,19,22)/t16-/m0/s1. The van der Waals surface area contributed by atoms with Crippen LogP contribution in [-0.4, -0.2) is 41.3 Å². The third-order valence-electron chi connectivity index (χ3n) is 4.84. The summed E-state index contributed by atoms with van der Waals surface area (Å²) in [6.45, 7) is 1.38. The lowest BCUT2D eigenvalue weighted by molar-refractivity contribution is 0.0457. The molecule has 2 amide bonds. The highest BCUT2D eigenvalue weighted by molar-refractivity contribution is 5.89. The van der Waals surface area contributed by atoms with E-state index in [1.807, 2.05) is 24.3 Å². The van der Waals surface area contributed by atoms with Gasteiger partial charge in [-0.1, -0.05) is 25.0 Å². The topological polar surface area (TPSA) is 61.8 Å². The molecule has 2 fully saturated rings. The zero-order chi connectivity index (χ0) is 16.1. The van der Waals surface area contributed by atoms with Crippen LogP contribution in [0.3, 0.4) is 0 Å². The van der Waals surface area contributed by atoms with Crippen molar-refractivity contribution in [3.63, 3.8) is 0 Å². The molecule has 0 unspecified atom stereocenters. The van der Waals surface area contributed by atoms with Gasteiger partial charge in [0.1, 0.15) is 0 Å². The molecule has 2 aliphatic rings. The van der Waals surface area contributed by atoms with Gasteiger partial charge in [0.2, 0.25) is 0 Å². The Balaban J connectivity index is 1.49. The first kappa shape index (κ1) is 16.3. The smallest absolute Gasteiger partial charge is 0.322 e. The summed E-state index contributed by atoms with van der Waals surface area (Å²) >= 11 is 0. The Morgan fingerprint density at radius 1 is 1.17 bits per heavy atom. The maximum atomic E-state index is 12.2. The van der Waals surface area contributed by atoms with E-state index in [-0.39, 0.29) is 18.7 Å². The summed E-state index contributed by atoms with van der Waals surface area (Å²) in [5.41, 5.74) is 1.91. The Morgan fingerprint density at radius 2 is 1.91 bits per heavy atom. The van der Waals surface area contributed by atoms with E-state index in [1.54, 1.807) is 4.90 Å². The first-order valence-corrected chi connectivity index (χ1v) is 8.65. The van der Waals surface area contributed by atoms with Crippen molar-refractivity contribution in [2.75, 3.05) is 18.5 Å². The molecule has 126 valence electrons. The van der Waals surface area contributed by atoms with Crippen molar-refractivity contribution in [1.82, 2.24) is 4.90 Å². The first-order chi connectivity index (χ1) is 11.3. The lowest BCUT2D eigenvalue weighted by atomic mass is 10.2. The molecule has 5 nitrogen and oxygen atoms in total. The lowest BCUT2D eigenvalue weighted by Gasteiger charge is -2.23. The van der Waals surface area contributed by atoms with Gasteiger partial charge in [-0.2, -0.15) is 0 Å². The van der Waals surface area contributed by atoms with Crippen molar-refractivity contribution in [3.05, 3.63) is 29.8 Å². The normalized spacial score (nSPS) is 21.8. The van der Waals surface area contributed by atoms with E-state index in [4.69, 9.17) is 4.74 Å². The molecule has 23 heavy (non-hydrogen) atoms. The highest BCUT2D eigenvalue weighted by Crippen LogP contribution is 2.23. The molecule has 1 saturated heterocycles. The van der Waals surface area contributed by atoms with E-state index >= 15 is 0 Å². The number of nitrogens with zero attached hydrogens (tertiary/aromatic N) is 1. The van der Waals surface area contributed by atoms with Crippen molar-refractivity contribution >= 4 is 11.7 Å². The third-order valence-corrected chi connectivity index (χ3v) is 4.84. The average molecular weight is 318 g/mol. The fourth-order valence-corrected chi connectivity index (χ4v) is 3.44. The van der Waals surface area contributed by atoms with Crippen molar-refractivity contribution < 1.29 is 14.6 Å². The molecule has 0 radical (unpaired) electrons. The Labute approximate surface area is 137 Å². The molecule has 1 heterocycles. The maximum Gasteiger partial charge on any atom is 0.322 e. The molecule has 5 heteroatoms. The van der Waals surface area contributed by atoms with Crippen LogP contribution in [-0.2, 0) is 11.3 Å². The van der Waals surface area contributed by atoms with E-state index in [2.05, 4.69) is 5.32 Å². The van der Waals surface area contributed by atoms with Gasteiger partial charge < -0.3 is 20.1 Å². The van der Waals surface area contributed by atoms with Crippen molar-refractivity contribution in [2.24, 2.45) is 0 Å². The quantitative estimate of drug-likeness (QED) is 0.877. The van der Waals surface area contributed by atoms with E-state index in [9.17, 15) is 9.90 Å². The van der Waals surface area contributed by atoms with Gasteiger partial charge in [-0.3, -0.25) is 0 Å². The van der Waals surface area contributed by atoms with E-state index < -0.39 is 0 Å². The Morgan fingerprint density at radius 3 is 2.61 bits per heavy atom. The number of urea groups is 1. The monoisotopic (exact) mass is 318 g/mol. The molecule has 0 aromatic heterocycles. The van der Waals surface area contributed by atoms with Gasteiger partial charge in [0.05, 0.1) is 25.4 Å². The predicted molar refractivity (Wildman–Crippen MR) is 89.3 cm³/mol. The number of hydrogen-bond donors (Lipinski definition) is 2. The number of rotatable bonds is 5. The molecule has 0 bridgehead atoms. The van der Waals surface area contributed by atoms with Gasteiger partial charge >= 0.3 is 6.03 Å². The van der Waals surface area contributed by atoms with Crippen molar-refractivity contribution in [1.29, 1.82) is 0 Å². The van der Waals surface area contributed by atoms with Crippen molar-refractivity contribution in [3.8, 4) is 0 Å². The van der Waals surface area contributed by atoms with E-state index in [0.29, 0.717) is 19.3 Å². The molecular formula is C18H26N2O3. The largest absolute Gasteiger partial charge is 0.394 e. The van der Waals surface area contributed by atoms with Gasteiger partial charge in [-0.15, -0.1) is 0 Å². The molecule has 1 aliphatic heterocycles. The van der Waals surface area contributed by atoms with Gasteiger partial charge in [0.25, 0.3) is 0 Å². The molecule has 1 aliphatic carbocycles. The molecule has 1 atom stereocenters. The number of benzene rings is 1. The molecule has 1 aromatic carbocycles. The second kappa shape index (κ2) is 7.79. The van der Waals surface area contributed by atoms with Crippen LogP contribution in [0.5, 0.6) is 0 Å². The summed E-state index contributed by atoms with van der Waals surface area (Å²) < 4.78 is 5.90. The van der Waals surface area contributed by atoms with Gasteiger partial charge in [-0.05, 0) is 43.4 Å². The number of aliphatic hydroxyl groups is 1. The van der Waals surface area contributed by atoms with Crippen molar-refractivity contribution in [2.45, 2.75) is 57.3 Å². The number of likely N-dealkylation sites (tertiary alicyclic amines) is 1. The van der Waals surface area contributed by atoms with Crippen LogP contribution in [0.1, 0.15) is 44.1 Å². The summed E-state index contributed by atoms with van der Waals surface area (Å²) in [6.07, 6.45) is 7.16. The predicted octanol–water partition coefficient (Wildman–Crippen LogP) is 3.13. The number of carbonyl (C=O) groups is 1. The number of nitrogens with one attached hydrogen (secondary N) is 1. The summed E-state index contributed by atoms with van der Waals surface area (Å²) in [4.78, 5) is 14.0.